The number of amides is 3. The van der Waals surface area contributed by atoms with Gasteiger partial charge in [0, 0.05) is 36.5 Å². The van der Waals surface area contributed by atoms with Crippen LogP contribution in [0.25, 0.3) is 0 Å². The van der Waals surface area contributed by atoms with Crippen molar-refractivity contribution in [3.8, 4) is 0 Å². The first-order valence-electron chi connectivity index (χ1n) is 11.1. The van der Waals surface area contributed by atoms with Crippen LogP contribution in [-0.2, 0) is 14.2 Å². The maximum atomic E-state index is 13.0. The van der Waals surface area contributed by atoms with Gasteiger partial charge in [-0.15, -0.1) is 13.2 Å². The Morgan fingerprint density at radius 2 is 1.77 bits per heavy atom. The summed E-state index contributed by atoms with van der Waals surface area (Å²) in [4.78, 5) is 41.0. The topological polar surface area (TPSA) is 97.4 Å². The van der Waals surface area contributed by atoms with Gasteiger partial charge in [-0.1, -0.05) is 30.9 Å². The zero-order valence-electron chi connectivity index (χ0n) is 19.9. The molecule has 9 nitrogen and oxygen atoms in total. The van der Waals surface area contributed by atoms with Gasteiger partial charge in [0.15, 0.2) is 0 Å². The van der Waals surface area contributed by atoms with Crippen molar-refractivity contribution in [2.24, 2.45) is 0 Å². The second kappa shape index (κ2) is 14.3. The van der Waals surface area contributed by atoms with E-state index in [1.807, 2.05) is 0 Å². The highest BCUT2D eigenvalue weighted by atomic mass is 32.1. The number of hydrogen-bond acceptors (Lipinski definition) is 7. The molecule has 1 aromatic carbocycles. The summed E-state index contributed by atoms with van der Waals surface area (Å²) in [7, 11) is 1.54. The maximum Gasteiger partial charge on any atom is 0.410 e. The smallest absolute Gasteiger partial charge is 0.410 e. The Bertz CT molecular complexity index is 912. The van der Waals surface area contributed by atoms with Crippen LogP contribution in [0.4, 0.5) is 4.79 Å². The van der Waals surface area contributed by atoms with E-state index < -0.39 is 12.5 Å². The molecule has 1 aliphatic rings. The van der Waals surface area contributed by atoms with Crippen LogP contribution in [0.1, 0.15) is 27.1 Å². The first-order chi connectivity index (χ1) is 16.8. The average Bonchev–Trinajstić information content (AvgIpc) is 3.25. The van der Waals surface area contributed by atoms with Gasteiger partial charge in [-0.25, -0.2) is 4.79 Å². The van der Waals surface area contributed by atoms with Gasteiger partial charge in [0.2, 0.25) is 6.41 Å². The van der Waals surface area contributed by atoms with Crippen molar-refractivity contribution in [1.82, 2.24) is 15.1 Å². The van der Waals surface area contributed by atoms with E-state index in [4.69, 9.17) is 14.2 Å². The molecule has 35 heavy (non-hydrogen) atoms. The molecule has 1 N–H and O–H groups in total. The van der Waals surface area contributed by atoms with Gasteiger partial charge >= 0.3 is 6.09 Å². The molecule has 0 bridgehead atoms. The highest BCUT2D eigenvalue weighted by Crippen LogP contribution is 2.22. The van der Waals surface area contributed by atoms with Crippen molar-refractivity contribution in [3.05, 3.63) is 73.4 Å². The first-order valence-corrected chi connectivity index (χ1v) is 11.7. The van der Waals surface area contributed by atoms with Crippen molar-refractivity contribution in [3.63, 3.8) is 0 Å². The van der Waals surface area contributed by atoms with Crippen LogP contribution >= 0.6 is 12.6 Å². The molecule has 2 rings (SSSR count). The fourth-order valence-electron chi connectivity index (χ4n) is 3.50. The number of benzene rings is 1. The zero-order chi connectivity index (χ0) is 25.8. The lowest BCUT2D eigenvalue weighted by Crippen LogP contribution is -2.43. The van der Waals surface area contributed by atoms with E-state index in [1.165, 1.54) is 17.0 Å². The number of thiol groups is 1. The minimum atomic E-state index is -0.945. The molecule has 0 aromatic heterocycles. The summed E-state index contributed by atoms with van der Waals surface area (Å²) < 4.78 is 16.2. The van der Waals surface area contributed by atoms with E-state index in [1.54, 1.807) is 42.3 Å². The van der Waals surface area contributed by atoms with Gasteiger partial charge < -0.3 is 24.4 Å². The van der Waals surface area contributed by atoms with Gasteiger partial charge in [0.1, 0.15) is 6.61 Å². The fourth-order valence-corrected chi connectivity index (χ4v) is 3.92. The van der Waals surface area contributed by atoms with Crippen LogP contribution in [0.2, 0.25) is 0 Å². The molecule has 1 heterocycles. The normalized spacial score (nSPS) is 17.1. The summed E-state index contributed by atoms with van der Waals surface area (Å²) in [5.41, 5.74) is 0.599. The summed E-state index contributed by atoms with van der Waals surface area (Å²) in [6, 6.07) is 6.09. The van der Waals surface area contributed by atoms with E-state index >= 15 is 0 Å². The SMILES string of the molecule is C=CCOC(=O)N1CC(S)CC1CNC(=O)c1cccc(C(=O)N(C)C(OCC=C)OCC=C)c1. The molecule has 0 spiro atoms. The number of hydrogen-bond donors (Lipinski definition) is 2. The predicted octanol–water partition coefficient (Wildman–Crippen LogP) is 2.87. The van der Waals surface area contributed by atoms with Crippen molar-refractivity contribution in [2.75, 3.05) is 40.0 Å². The standard InChI is InChI=1S/C25H33N3O6S/c1-5-11-32-24(31)28-17-21(35)15-20(28)16-26-22(29)18-9-8-10-19(14-18)23(30)27(4)25(33-12-6-2)34-13-7-3/h5-10,14,20-21,25,35H,1-3,11-13,15-17H2,4H3,(H,26,29). The minimum absolute atomic E-state index is 0.00997. The number of carbonyl (C=O) groups excluding carboxylic acids is 3. The van der Waals surface area contributed by atoms with Gasteiger partial charge in [-0.3, -0.25) is 14.5 Å². The fraction of sp³-hybridized carbons (Fsp3) is 0.400. The molecule has 0 radical (unpaired) electrons. The largest absolute Gasteiger partial charge is 0.445 e. The molecule has 10 heteroatoms. The van der Waals surface area contributed by atoms with Crippen LogP contribution in [0.3, 0.4) is 0 Å². The summed E-state index contributed by atoms with van der Waals surface area (Å²) in [5.74, 6) is -0.755. The molecule has 0 aliphatic carbocycles. The third kappa shape index (κ3) is 8.27. The van der Waals surface area contributed by atoms with Crippen LogP contribution in [0.5, 0.6) is 0 Å². The summed E-state index contributed by atoms with van der Waals surface area (Å²) in [5, 5.41) is 2.83. The van der Waals surface area contributed by atoms with Crippen LogP contribution < -0.4 is 5.32 Å². The van der Waals surface area contributed by atoms with E-state index in [9.17, 15) is 14.4 Å². The van der Waals surface area contributed by atoms with E-state index in [0.29, 0.717) is 24.1 Å². The van der Waals surface area contributed by atoms with Crippen LogP contribution in [0, 0.1) is 0 Å². The van der Waals surface area contributed by atoms with E-state index in [0.717, 1.165) is 0 Å². The summed E-state index contributed by atoms with van der Waals surface area (Å²) >= 11 is 4.47. The average molecular weight is 504 g/mol. The van der Waals surface area contributed by atoms with Crippen molar-refractivity contribution >= 4 is 30.5 Å². The second-order valence-corrected chi connectivity index (χ2v) is 8.55. The molecule has 1 saturated heterocycles. The Labute approximate surface area is 211 Å². The van der Waals surface area contributed by atoms with E-state index in [-0.39, 0.29) is 49.5 Å². The lowest BCUT2D eigenvalue weighted by atomic mass is 10.1. The van der Waals surface area contributed by atoms with Gasteiger partial charge in [0.05, 0.1) is 19.3 Å². The quantitative estimate of drug-likeness (QED) is 0.244. The molecule has 3 amide bonds. The third-order valence-electron chi connectivity index (χ3n) is 5.17. The third-order valence-corrected chi connectivity index (χ3v) is 5.55. The molecule has 0 saturated carbocycles. The Morgan fingerprint density at radius 1 is 1.14 bits per heavy atom. The molecule has 2 atom stereocenters. The summed E-state index contributed by atoms with van der Waals surface area (Å²) in [6.45, 7) is 11.9. The predicted molar refractivity (Wildman–Crippen MR) is 136 cm³/mol. The van der Waals surface area contributed by atoms with Crippen molar-refractivity contribution in [2.45, 2.75) is 24.1 Å². The molecule has 1 aliphatic heterocycles. The Kier molecular flexibility index (Phi) is 11.5. The zero-order valence-corrected chi connectivity index (χ0v) is 20.8. The van der Waals surface area contributed by atoms with Gasteiger partial charge in [0.25, 0.3) is 11.8 Å². The molecule has 190 valence electrons. The lowest BCUT2D eigenvalue weighted by molar-refractivity contribution is -0.191. The number of carbonyl (C=O) groups is 3. The first kappa shape index (κ1) is 28.2. The Hall–Kier alpha value is -3.08. The van der Waals surface area contributed by atoms with Crippen molar-refractivity contribution in [1.29, 1.82) is 0 Å². The number of ether oxygens (including phenoxy) is 3. The van der Waals surface area contributed by atoms with E-state index in [2.05, 4.69) is 37.7 Å². The highest BCUT2D eigenvalue weighted by molar-refractivity contribution is 7.81. The molecular formula is C25H33N3O6S. The minimum Gasteiger partial charge on any atom is -0.445 e. The highest BCUT2D eigenvalue weighted by Gasteiger charge is 2.34. The Balaban J connectivity index is 2.04. The maximum absolute atomic E-state index is 13.0. The molecular weight excluding hydrogens is 470 g/mol. The van der Waals surface area contributed by atoms with Gasteiger partial charge in [-0.2, -0.15) is 12.6 Å². The number of nitrogens with one attached hydrogen (secondary N) is 1. The second-order valence-electron chi connectivity index (χ2n) is 7.82. The molecule has 1 aromatic rings. The molecule has 1 fully saturated rings. The number of likely N-dealkylation sites (tertiary alicyclic amines) is 1. The number of rotatable bonds is 13. The van der Waals surface area contributed by atoms with Crippen molar-refractivity contribution < 1.29 is 28.6 Å². The van der Waals surface area contributed by atoms with Crippen LogP contribution in [-0.4, -0.2) is 85.4 Å². The van der Waals surface area contributed by atoms with Crippen LogP contribution in [0.15, 0.2) is 62.2 Å². The Morgan fingerprint density at radius 3 is 2.40 bits per heavy atom. The van der Waals surface area contributed by atoms with Gasteiger partial charge in [-0.05, 0) is 24.6 Å². The number of nitrogens with zero attached hydrogens (tertiary/aromatic N) is 2. The molecule has 2 unspecified atom stereocenters. The monoisotopic (exact) mass is 503 g/mol. The summed E-state index contributed by atoms with van der Waals surface area (Å²) in [6.07, 6.45) is 3.80. The lowest BCUT2D eigenvalue weighted by Gasteiger charge is -2.27.